The van der Waals surface area contributed by atoms with Gasteiger partial charge in [0.05, 0.1) is 6.21 Å². The average Bonchev–Trinajstić information content (AvgIpc) is 2.75. The van der Waals surface area contributed by atoms with Crippen molar-refractivity contribution < 1.29 is 18.7 Å². The molecule has 0 fully saturated rings. The van der Waals surface area contributed by atoms with Crippen LogP contribution < -0.4 is 15.5 Å². The van der Waals surface area contributed by atoms with Gasteiger partial charge in [0.25, 0.3) is 11.8 Å². The summed E-state index contributed by atoms with van der Waals surface area (Å²) in [6.45, 7) is -0.206. The van der Waals surface area contributed by atoms with E-state index in [1.807, 2.05) is 6.07 Å². The Balaban J connectivity index is 1.50. The predicted octanol–water partition coefficient (Wildman–Crippen LogP) is 3.61. The number of anilines is 1. The minimum Gasteiger partial charge on any atom is -0.484 e. The van der Waals surface area contributed by atoms with Crippen LogP contribution in [-0.4, -0.2) is 24.6 Å². The molecule has 0 aliphatic carbocycles. The average molecular weight is 391 g/mol. The lowest BCUT2D eigenvalue weighted by atomic mass is 10.2. The van der Waals surface area contributed by atoms with E-state index in [0.717, 1.165) is 0 Å². The molecule has 0 saturated heterocycles. The molecule has 0 bridgehead atoms. The highest BCUT2D eigenvalue weighted by molar-refractivity contribution is 5.95. The zero-order valence-corrected chi connectivity index (χ0v) is 15.3. The fourth-order valence-electron chi connectivity index (χ4n) is 2.38. The summed E-state index contributed by atoms with van der Waals surface area (Å²) < 4.78 is 18.3. The van der Waals surface area contributed by atoms with Gasteiger partial charge in [0.1, 0.15) is 11.6 Å². The SMILES string of the molecule is O=C(COc1cccc(/C=N/NC(=O)c2ccccc2)c1)Nc1ccc(F)cc1. The number of halogens is 1. The van der Waals surface area contributed by atoms with E-state index in [1.165, 1.54) is 30.5 Å². The van der Waals surface area contributed by atoms with Gasteiger partial charge in [-0.1, -0.05) is 30.3 Å². The van der Waals surface area contributed by atoms with E-state index in [1.54, 1.807) is 48.5 Å². The Morgan fingerprint density at radius 1 is 0.966 bits per heavy atom. The zero-order chi connectivity index (χ0) is 20.5. The maximum absolute atomic E-state index is 12.9. The molecule has 6 nitrogen and oxygen atoms in total. The van der Waals surface area contributed by atoms with Crippen LogP contribution in [-0.2, 0) is 4.79 Å². The molecule has 0 aliphatic heterocycles. The molecule has 0 saturated carbocycles. The van der Waals surface area contributed by atoms with Crippen LogP contribution in [0.15, 0.2) is 84.0 Å². The van der Waals surface area contributed by atoms with Crippen molar-refractivity contribution in [2.75, 3.05) is 11.9 Å². The molecule has 0 aromatic heterocycles. The van der Waals surface area contributed by atoms with Gasteiger partial charge in [-0.2, -0.15) is 5.10 Å². The van der Waals surface area contributed by atoms with Gasteiger partial charge >= 0.3 is 0 Å². The predicted molar refractivity (Wildman–Crippen MR) is 108 cm³/mol. The third kappa shape index (κ3) is 6.28. The van der Waals surface area contributed by atoms with Crippen LogP contribution >= 0.6 is 0 Å². The molecule has 3 aromatic carbocycles. The van der Waals surface area contributed by atoms with Crippen molar-refractivity contribution in [2.24, 2.45) is 5.10 Å². The molecule has 0 heterocycles. The van der Waals surface area contributed by atoms with Gasteiger partial charge in [0.2, 0.25) is 0 Å². The third-order valence-electron chi connectivity index (χ3n) is 3.77. The van der Waals surface area contributed by atoms with Gasteiger partial charge in [-0.15, -0.1) is 0 Å². The molecular formula is C22H18FN3O3. The van der Waals surface area contributed by atoms with Crippen LogP contribution in [0.25, 0.3) is 0 Å². The highest BCUT2D eigenvalue weighted by Gasteiger charge is 2.05. The highest BCUT2D eigenvalue weighted by atomic mass is 19.1. The topological polar surface area (TPSA) is 79.8 Å². The van der Waals surface area contributed by atoms with Gasteiger partial charge in [0.15, 0.2) is 6.61 Å². The van der Waals surface area contributed by atoms with E-state index in [2.05, 4.69) is 15.8 Å². The van der Waals surface area contributed by atoms with Gasteiger partial charge in [-0.3, -0.25) is 9.59 Å². The van der Waals surface area contributed by atoms with Crippen molar-refractivity contribution in [1.29, 1.82) is 0 Å². The molecule has 29 heavy (non-hydrogen) atoms. The van der Waals surface area contributed by atoms with Gasteiger partial charge < -0.3 is 10.1 Å². The lowest BCUT2D eigenvalue weighted by molar-refractivity contribution is -0.118. The summed E-state index contributed by atoms with van der Waals surface area (Å²) in [6.07, 6.45) is 1.48. The Hall–Kier alpha value is -4.00. The summed E-state index contributed by atoms with van der Waals surface area (Å²) >= 11 is 0. The third-order valence-corrected chi connectivity index (χ3v) is 3.77. The van der Waals surface area contributed by atoms with E-state index >= 15 is 0 Å². The van der Waals surface area contributed by atoms with Crippen molar-refractivity contribution >= 4 is 23.7 Å². The normalized spacial score (nSPS) is 10.5. The second kappa shape index (κ2) is 9.80. The zero-order valence-electron chi connectivity index (χ0n) is 15.3. The van der Waals surface area contributed by atoms with E-state index in [9.17, 15) is 14.0 Å². The first-order valence-electron chi connectivity index (χ1n) is 8.77. The molecule has 0 atom stereocenters. The number of carbonyl (C=O) groups excluding carboxylic acids is 2. The fourth-order valence-corrected chi connectivity index (χ4v) is 2.38. The summed E-state index contributed by atoms with van der Waals surface area (Å²) in [5.41, 5.74) is 4.13. The first kappa shape index (κ1) is 19.8. The molecular weight excluding hydrogens is 373 g/mol. The lowest BCUT2D eigenvalue weighted by Gasteiger charge is -2.08. The molecule has 7 heteroatoms. The van der Waals surface area contributed by atoms with Crippen LogP contribution in [0.5, 0.6) is 5.75 Å². The number of carbonyl (C=O) groups is 2. The number of rotatable bonds is 7. The summed E-state index contributed by atoms with van der Waals surface area (Å²) in [5, 5.41) is 6.54. The Morgan fingerprint density at radius 3 is 2.48 bits per heavy atom. The van der Waals surface area contributed by atoms with Gasteiger partial charge in [0, 0.05) is 11.3 Å². The van der Waals surface area contributed by atoms with Crippen molar-refractivity contribution in [3.05, 3.63) is 95.8 Å². The second-order valence-corrected chi connectivity index (χ2v) is 5.98. The molecule has 3 aromatic rings. The standard InChI is InChI=1S/C22H18FN3O3/c23-18-9-11-19(12-10-18)25-21(27)15-29-20-8-4-5-16(13-20)14-24-26-22(28)17-6-2-1-3-7-17/h1-14H,15H2,(H,25,27)(H,26,28)/b24-14+. The van der Waals surface area contributed by atoms with Gasteiger partial charge in [-0.05, 0) is 54.1 Å². The number of nitrogens with zero attached hydrogens (tertiary/aromatic N) is 1. The summed E-state index contributed by atoms with van der Waals surface area (Å²) in [5.74, 6) is -0.590. The fraction of sp³-hybridized carbons (Fsp3) is 0.0455. The molecule has 146 valence electrons. The van der Waals surface area contributed by atoms with E-state index in [-0.39, 0.29) is 24.2 Å². The van der Waals surface area contributed by atoms with Crippen molar-refractivity contribution in [3.8, 4) is 5.75 Å². The Bertz CT molecular complexity index is 1010. The Kier molecular flexibility index (Phi) is 6.67. The number of hydrogen-bond donors (Lipinski definition) is 2. The molecule has 0 radical (unpaired) electrons. The number of benzene rings is 3. The molecule has 2 N–H and O–H groups in total. The number of hydrazone groups is 1. The summed E-state index contributed by atoms with van der Waals surface area (Å²) in [7, 11) is 0. The Morgan fingerprint density at radius 2 is 1.72 bits per heavy atom. The van der Waals surface area contributed by atoms with Gasteiger partial charge in [-0.25, -0.2) is 9.82 Å². The second-order valence-electron chi connectivity index (χ2n) is 5.98. The van der Waals surface area contributed by atoms with Crippen molar-refractivity contribution in [1.82, 2.24) is 5.43 Å². The molecule has 2 amide bonds. The number of amides is 2. The molecule has 0 spiro atoms. The maximum Gasteiger partial charge on any atom is 0.271 e. The minimum absolute atomic E-state index is 0.206. The molecule has 3 rings (SSSR count). The Labute approximate surface area is 167 Å². The van der Waals surface area contributed by atoms with Crippen molar-refractivity contribution in [3.63, 3.8) is 0 Å². The monoisotopic (exact) mass is 391 g/mol. The largest absolute Gasteiger partial charge is 0.484 e. The smallest absolute Gasteiger partial charge is 0.271 e. The quantitative estimate of drug-likeness (QED) is 0.477. The minimum atomic E-state index is -0.377. The van der Waals surface area contributed by atoms with E-state index in [4.69, 9.17) is 4.74 Å². The van der Waals surface area contributed by atoms with E-state index in [0.29, 0.717) is 22.6 Å². The van der Waals surface area contributed by atoms with Crippen LogP contribution in [0, 0.1) is 5.82 Å². The number of hydrogen-bond acceptors (Lipinski definition) is 4. The molecule has 0 aliphatic rings. The van der Waals surface area contributed by atoms with Crippen LogP contribution in [0.2, 0.25) is 0 Å². The van der Waals surface area contributed by atoms with Crippen LogP contribution in [0.4, 0.5) is 10.1 Å². The van der Waals surface area contributed by atoms with Crippen molar-refractivity contribution in [2.45, 2.75) is 0 Å². The first-order chi connectivity index (χ1) is 14.1. The van der Waals surface area contributed by atoms with Crippen LogP contribution in [0.3, 0.4) is 0 Å². The maximum atomic E-state index is 12.9. The summed E-state index contributed by atoms with van der Waals surface area (Å²) in [6, 6.07) is 21.1. The van der Waals surface area contributed by atoms with Crippen LogP contribution in [0.1, 0.15) is 15.9 Å². The first-order valence-corrected chi connectivity index (χ1v) is 8.77. The number of nitrogens with one attached hydrogen (secondary N) is 2. The highest BCUT2D eigenvalue weighted by Crippen LogP contribution is 2.13. The summed E-state index contributed by atoms with van der Waals surface area (Å²) in [4.78, 5) is 23.9. The lowest BCUT2D eigenvalue weighted by Crippen LogP contribution is -2.20. The molecule has 0 unspecified atom stereocenters. The number of ether oxygens (including phenoxy) is 1. The van der Waals surface area contributed by atoms with E-state index < -0.39 is 0 Å².